The molecule has 7 heteroatoms. The van der Waals surface area contributed by atoms with Gasteiger partial charge in [-0.3, -0.25) is 10.1 Å². The lowest BCUT2D eigenvalue weighted by molar-refractivity contribution is -0.384. The molecule has 1 aromatic heterocycles. The molecule has 1 aromatic carbocycles. The van der Waals surface area contributed by atoms with Crippen LogP contribution in [0, 0.1) is 10.1 Å². The van der Waals surface area contributed by atoms with Crippen LogP contribution in [0.4, 0.5) is 5.69 Å². The molecule has 0 spiro atoms. The van der Waals surface area contributed by atoms with E-state index in [4.69, 9.17) is 16.3 Å². The Bertz CT molecular complexity index is 560. The largest absolute Gasteiger partial charge is 0.424 e. The fraction of sp³-hybridized carbons (Fsp3) is 0.0909. The van der Waals surface area contributed by atoms with Crippen molar-refractivity contribution in [2.45, 2.75) is 5.88 Å². The molecule has 0 bridgehead atoms. The second-order valence-electron chi connectivity index (χ2n) is 3.36. The van der Waals surface area contributed by atoms with Crippen LogP contribution in [0.1, 0.15) is 5.56 Å². The smallest absolute Gasteiger partial charge is 0.321 e. The highest BCUT2D eigenvalue weighted by Crippen LogP contribution is 2.22. The van der Waals surface area contributed by atoms with E-state index in [9.17, 15) is 10.1 Å². The van der Waals surface area contributed by atoms with E-state index in [0.29, 0.717) is 11.6 Å². The SMILES string of the molecule is O=[N+]([O-])c1cccc(Oc2ncc(CCl)cn2)c1. The summed E-state index contributed by atoms with van der Waals surface area (Å²) < 4.78 is 5.30. The fourth-order valence-electron chi connectivity index (χ4n) is 1.23. The molecule has 2 aromatic rings. The molecular weight excluding hydrogens is 258 g/mol. The van der Waals surface area contributed by atoms with E-state index in [1.807, 2.05) is 0 Å². The van der Waals surface area contributed by atoms with Gasteiger partial charge in [-0.2, -0.15) is 0 Å². The van der Waals surface area contributed by atoms with Crippen molar-refractivity contribution < 1.29 is 9.66 Å². The molecule has 1 heterocycles. The van der Waals surface area contributed by atoms with Crippen molar-refractivity contribution in [2.24, 2.45) is 0 Å². The quantitative estimate of drug-likeness (QED) is 0.482. The van der Waals surface area contributed by atoms with Gasteiger partial charge in [-0.05, 0) is 6.07 Å². The van der Waals surface area contributed by atoms with Gasteiger partial charge in [0.1, 0.15) is 5.75 Å². The molecule has 0 unspecified atom stereocenters. The van der Waals surface area contributed by atoms with Crippen LogP contribution in [0.5, 0.6) is 11.8 Å². The predicted octanol–water partition coefficient (Wildman–Crippen LogP) is 2.92. The van der Waals surface area contributed by atoms with Crippen molar-refractivity contribution in [2.75, 3.05) is 0 Å². The lowest BCUT2D eigenvalue weighted by Crippen LogP contribution is -1.94. The molecular formula is C11H8ClN3O3. The van der Waals surface area contributed by atoms with E-state index in [1.54, 1.807) is 6.07 Å². The second kappa shape index (κ2) is 5.42. The Hall–Kier alpha value is -2.21. The number of ether oxygens (including phenoxy) is 1. The zero-order valence-corrected chi connectivity index (χ0v) is 9.87. The number of hydrogen-bond donors (Lipinski definition) is 0. The number of nitro groups is 1. The number of nitrogens with zero attached hydrogens (tertiary/aromatic N) is 3. The summed E-state index contributed by atoms with van der Waals surface area (Å²) in [5.41, 5.74) is 0.716. The van der Waals surface area contributed by atoms with Crippen molar-refractivity contribution in [3.05, 3.63) is 52.3 Å². The maximum atomic E-state index is 10.6. The van der Waals surface area contributed by atoms with Crippen molar-refractivity contribution >= 4 is 17.3 Å². The third-order valence-corrected chi connectivity index (χ3v) is 2.38. The highest BCUT2D eigenvalue weighted by molar-refractivity contribution is 6.17. The third-order valence-electron chi connectivity index (χ3n) is 2.07. The Morgan fingerprint density at radius 1 is 1.33 bits per heavy atom. The molecule has 0 radical (unpaired) electrons. The zero-order chi connectivity index (χ0) is 13.0. The average molecular weight is 266 g/mol. The molecule has 0 aliphatic rings. The summed E-state index contributed by atoms with van der Waals surface area (Å²) >= 11 is 5.60. The first-order chi connectivity index (χ1) is 8.69. The van der Waals surface area contributed by atoms with E-state index in [0.717, 1.165) is 5.56 Å². The van der Waals surface area contributed by atoms with Gasteiger partial charge in [0.15, 0.2) is 0 Å². The number of aromatic nitrogens is 2. The first-order valence-corrected chi connectivity index (χ1v) is 5.51. The molecule has 2 rings (SSSR count). The summed E-state index contributed by atoms with van der Waals surface area (Å²) in [6.07, 6.45) is 3.07. The Kier molecular flexibility index (Phi) is 3.69. The van der Waals surface area contributed by atoms with Crippen LogP contribution in [0.3, 0.4) is 0 Å². The Morgan fingerprint density at radius 2 is 2.06 bits per heavy atom. The minimum absolute atomic E-state index is 0.0510. The number of non-ortho nitro benzene ring substituents is 1. The van der Waals surface area contributed by atoms with E-state index in [2.05, 4.69) is 9.97 Å². The van der Waals surface area contributed by atoms with Crippen LogP contribution >= 0.6 is 11.6 Å². The molecule has 0 fully saturated rings. The fourth-order valence-corrected chi connectivity index (χ4v) is 1.37. The van der Waals surface area contributed by atoms with Gasteiger partial charge in [-0.15, -0.1) is 11.6 Å². The standard InChI is InChI=1S/C11H8ClN3O3/c12-5-8-6-13-11(14-7-8)18-10-3-1-2-9(4-10)15(16)17/h1-4,6-7H,5H2. The van der Waals surface area contributed by atoms with Crippen LogP contribution in [0.2, 0.25) is 0 Å². The molecule has 0 saturated heterocycles. The number of halogens is 1. The van der Waals surface area contributed by atoms with E-state index in [-0.39, 0.29) is 11.7 Å². The topological polar surface area (TPSA) is 78.2 Å². The minimum Gasteiger partial charge on any atom is -0.424 e. The van der Waals surface area contributed by atoms with Gasteiger partial charge < -0.3 is 4.74 Å². The molecule has 0 aliphatic carbocycles. The third kappa shape index (κ3) is 2.92. The molecule has 6 nitrogen and oxygen atoms in total. The number of rotatable bonds is 4. The number of benzene rings is 1. The predicted molar refractivity (Wildman–Crippen MR) is 64.8 cm³/mol. The van der Waals surface area contributed by atoms with Gasteiger partial charge >= 0.3 is 6.01 Å². The number of alkyl halides is 1. The molecule has 92 valence electrons. The number of nitro benzene ring substituents is 1. The van der Waals surface area contributed by atoms with Crippen LogP contribution in [-0.2, 0) is 5.88 Å². The van der Waals surface area contributed by atoms with Crippen LogP contribution in [0.15, 0.2) is 36.7 Å². The maximum Gasteiger partial charge on any atom is 0.321 e. The van der Waals surface area contributed by atoms with Gasteiger partial charge in [0.05, 0.1) is 16.9 Å². The molecule has 0 saturated carbocycles. The molecule has 0 amide bonds. The van der Waals surface area contributed by atoms with Crippen LogP contribution in [0.25, 0.3) is 0 Å². The van der Waals surface area contributed by atoms with Crippen molar-refractivity contribution in [3.8, 4) is 11.8 Å². The summed E-state index contributed by atoms with van der Waals surface area (Å²) in [7, 11) is 0. The van der Waals surface area contributed by atoms with E-state index in [1.165, 1.54) is 30.6 Å². The van der Waals surface area contributed by atoms with Crippen LogP contribution < -0.4 is 4.74 Å². The normalized spacial score (nSPS) is 10.1. The number of hydrogen-bond acceptors (Lipinski definition) is 5. The van der Waals surface area contributed by atoms with Gasteiger partial charge in [0.2, 0.25) is 0 Å². The molecule has 0 aliphatic heterocycles. The van der Waals surface area contributed by atoms with E-state index < -0.39 is 4.92 Å². The van der Waals surface area contributed by atoms with Gasteiger partial charge in [0, 0.05) is 24.0 Å². The first-order valence-electron chi connectivity index (χ1n) is 4.98. The van der Waals surface area contributed by atoms with Gasteiger partial charge in [-0.25, -0.2) is 9.97 Å². The Morgan fingerprint density at radius 3 is 2.67 bits per heavy atom. The average Bonchev–Trinajstić information content (AvgIpc) is 2.40. The van der Waals surface area contributed by atoms with Gasteiger partial charge in [0.25, 0.3) is 5.69 Å². The second-order valence-corrected chi connectivity index (χ2v) is 3.63. The molecule has 0 N–H and O–H groups in total. The summed E-state index contributed by atoms with van der Waals surface area (Å²) in [6.45, 7) is 0. The first kappa shape index (κ1) is 12.3. The van der Waals surface area contributed by atoms with Gasteiger partial charge in [-0.1, -0.05) is 6.07 Å². The molecule has 18 heavy (non-hydrogen) atoms. The molecule has 0 atom stereocenters. The highest BCUT2D eigenvalue weighted by atomic mass is 35.5. The summed E-state index contributed by atoms with van der Waals surface area (Å²) in [5.74, 6) is 0.625. The van der Waals surface area contributed by atoms with Crippen molar-refractivity contribution in [1.29, 1.82) is 0 Å². The Balaban J connectivity index is 2.17. The zero-order valence-electron chi connectivity index (χ0n) is 9.12. The monoisotopic (exact) mass is 265 g/mol. The lowest BCUT2D eigenvalue weighted by atomic mass is 10.3. The Labute approximate surface area is 107 Å². The summed E-state index contributed by atoms with van der Waals surface area (Å²) in [5, 5.41) is 10.6. The summed E-state index contributed by atoms with van der Waals surface area (Å²) in [6, 6.07) is 5.92. The highest BCUT2D eigenvalue weighted by Gasteiger charge is 2.07. The van der Waals surface area contributed by atoms with Crippen LogP contribution in [-0.4, -0.2) is 14.9 Å². The lowest BCUT2D eigenvalue weighted by Gasteiger charge is -2.03. The van der Waals surface area contributed by atoms with Crippen molar-refractivity contribution in [1.82, 2.24) is 9.97 Å². The minimum atomic E-state index is -0.496. The summed E-state index contributed by atoms with van der Waals surface area (Å²) in [4.78, 5) is 18.0. The van der Waals surface area contributed by atoms with E-state index >= 15 is 0 Å². The van der Waals surface area contributed by atoms with Crippen molar-refractivity contribution in [3.63, 3.8) is 0 Å². The maximum absolute atomic E-state index is 10.6.